The van der Waals surface area contributed by atoms with Gasteiger partial charge in [-0.15, -0.1) is 11.3 Å². The van der Waals surface area contributed by atoms with Gasteiger partial charge in [-0.3, -0.25) is 4.79 Å². The fourth-order valence-electron chi connectivity index (χ4n) is 1.91. The van der Waals surface area contributed by atoms with E-state index in [2.05, 4.69) is 0 Å². The minimum atomic E-state index is -3.86. The van der Waals surface area contributed by atoms with Crippen LogP contribution >= 0.6 is 11.3 Å². The van der Waals surface area contributed by atoms with E-state index in [4.69, 9.17) is 14.6 Å². The van der Waals surface area contributed by atoms with Crippen molar-refractivity contribution >= 4 is 33.1 Å². The molecule has 0 saturated heterocycles. The van der Waals surface area contributed by atoms with E-state index in [0.717, 1.165) is 17.4 Å². The minimum absolute atomic E-state index is 0.0886. The van der Waals surface area contributed by atoms with Crippen LogP contribution in [0, 0.1) is 0 Å². The van der Waals surface area contributed by atoms with Crippen molar-refractivity contribution in [1.82, 2.24) is 0 Å². The third-order valence-corrected chi connectivity index (χ3v) is 5.52. The number of carbonyl (C=O) groups is 2. The number of carbonyl (C=O) groups excluding carboxylic acids is 2. The van der Waals surface area contributed by atoms with Gasteiger partial charge >= 0.3 is 5.97 Å². The van der Waals surface area contributed by atoms with Crippen molar-refractivity contribution in [2.75, 3.05) is 7.11 Å². The molecule has 0 bridgehead atoms. The lowest BCUT2D eigenvalue weighted by molar-refractivity contribution is 0.0470. The number of hydrogen-bond donors (Lipinski definition) is 1. The normalized spacial score (nSPS) is 11.1. The topological polar surface area (TPSA) is 113 Å². The van der Waals surface area contributed by atoms with E-state index in [9.17, 15) is 18.0 Å². The zero-order chi connectivity index (χ0) is 17.9. The zero-order valence-electron chi connectivity index (χ0n) is 12.9. The Morgan fingerprint density at radius 1 is 1.21 bits per heavy atom. The van der Waals surface area contributed by atoms with Crippen LogP contribution < -0.4 is 9.88 Å². The van der Waals surface area contributed by atoms with E-state index in [0.29, 0.717) is 16.9 Å². The third-order valence-electron chi connectivity index (χ3n) is 3.14. The number of ether oxygens (including phenoxy) is 2. The van der Waals surface area contributed by atoms with Crippen LogP contribution in [0.2, 0.25) is 0 Å². The molecule has 7 nitrogen and oxygen atoms in total. The van der Waals surface area contributed by atoms with Gasteiger partial charge in [-0.2, -0.15) is 0 Å². The molecule has 1 aromatic carbocycles. The standard InChI is InChI=1S/C15H15NO6S2/c1-9(17)10-3-4-13(21-2)11(5-10)7-22-15(18)12-6-14(23-8-12)24(16,19)20/h3-6,8H,7H2,1-2H3,(H2,16,19,20). The maximum atomic E-state index is 12.0. The van der Waals surface area contributed by atoms with Crippen LogP contribution in [0.15, 0.2) is 33.9 Å². The minimum Gasteiger partial charge on any atom is -0.496 e. The van der Waals surface area contributed by atoms with Gasteiger partial charge in [0.25, 0.3) is 0 Å². The number of thiophene rings is 1. The monoisotopic (exact) mass is 369 g/mol. The van der Waals surface area contributed by atoms with Crippen molar-refractivity contribution in [3.63, 3.8) is 0 Å². The van der Waals surface area contributed by atoms with Crippen molar-refractivity contribution in [2.24, 2.45) is 5.14 Å². The lowest BCUT2D eigenvalue weighted by Gasteiger charge is -2.10. The number of methoxy groups -OCH3 is 1. The Morgan fingerprint density at radius 2 is 1.92 bits per heavy atom. The van der Waals surface area contributed by atoms with Gasteiger partial charge in [0.05, 0.1) is 12.7 Å². The quantitative estimate of drug-likeness (QED) is 0.615. The molecule has 0 saturated carbocycles. The third kappa shape index (κ3) is 4.19. The summed E-state index contributed by atoms with van der Waals surface area (Å²) in [5.41, 5.74) is 1.08. The number of hydrogen-bond acceptors (Lipinski definition) is 7. The Kier molecular flexibility index (Phi) is 5.37. The van der Waals surface area contributed by atoms with Crippen LogP contribution in [0.25, 0.3) is 0 Å². The number of benzene rings is 1. The van der Waals surface area contributed by atoms with Crippen LogP contribution in [0.4, 0.5) is 0 Å². The summed E-state index contributed by atoms with van der Waals surface area (Å²) in [7, 11) is -2.39. The predicted molar refractivity (Wildman–Crippen MR) is 87.8 cm³/mol. The van der Waals surface area contributed by atoms with Crippen molar-refractivity contribution < 1.29 is 27.5 Å². The smallest absolute Gasteiger partial charge is 0.339 e. The zero-order valence-corrected chi connectivity index (χ0v) is 14.6. The van der Waals surface area contributed by atoms with Gasteiger partial charge in [-0.05, 0) is 31.2 Å². The molecule has 0 radical (unpaired) electrons. The van der Waals surface area contributed by atoms with E-state index in [-0.39, 0.29) is 22.2 Å². The fraction of sp³-hybridized carbons (Fsp3) is 0.200. The summed E-state index contributed by atoms with van der Waals surface area (Å²) in [5, 5.41) is 6.35. The predicted octanol–water partition coefficient (Wildman–Crippen LogP) is 1.96. The Morgan fingerprint density at radius 3 is 2.46 bits per heavy atom. The molecule has 0 amide bonds. The Hall–Kier alpha value is -2.23. The summed E-state index contributed by atoms with van der Waals surface area (Å²) >= 11 is 0.837. The molecular formula is C15H15NO6S2. The molecular weight excluding hydrogens is 354 g/mol. The lowest BCUT2D eigenvalue weighted by atomic mass is 10.1. The van der Waals surface area contributed by atoms with Crippen LogP contribution in [0.1, 0.15) is 33.2 Å². The molecule has 0 unspecified atom stereocenters. The molecule has 9 heteroatoms. The summed E-state index contributed by atoms with van der Waals surface area (Å²) in [4.78, 5) is 23.5. The van der Waals surface area contributed by atoms with Crippen molar-refractivity contribution in [2.45, 2.75) is 17.7 Å². The van der Waals surface area contributed by atoms with Crippen molar-refractivity contribution in [1.29, 1.82) is 0 Å². The van der Waals surface area contributed by atoms with Gasteiger partial charge in [-0.25, -0.2) is 18.4 Å². The largest absolute Gasteiger partial charge is 0.496 e. The van der Waals surface area contributed by atoms with E-state index in [1.165, 1.54) is 19.4 Å². The molecule has 0 aliphatic carbocycles. The van der Waals surface area contributed by atoms with Gasteiger partial charge in [0.2, 0.25) is 10.0 Å². The van der Waals surface area contributed by atoms with E-state index in [1.807, 2.05) is 0 Å². The number of ketones is 1. The fourth-order valence-corrected chi connectivity index (χ4v) is 3.48. The molecule has 0 spiro atoms. The summed E-state index contributed by atoms with van der Waals surface area (Å²) in [6.07, 6.45) is 0. The average Bonchev–Trinajstić information content (AvgIpc) is 3.02. The van der Waals surface area contributed by atoms with Gasteiger partial charge in [0, 0.05) is 16.5 Å². The first-order valence-corrected chi connectivity index (χ1v) is 9.11. The highest BCUT2D eigenvalue weighted by molar-refractivity contribution is 7.91. The lowest BCUT2D eigenvalue weighted by Crippen LogP contribution is -2.10. The summed E-state index contributed by atoms with van der Waals surface area (Å²) in [6, 6.07) is 5.97. The summed E-state index contributed by atoms with van der Waals surface area (Å²) in [6.45, 7) is 1.31. The number of primary sulfonamides is 1. The highest BCUT2D eigenvalue weighted by Gasteiger charge is 2.17. The molecule has 1 heterocycles. The highest BCUT2D eigenvalue weighted by Crippen LogP contribution is 2.23. The van der Waals surface area contributed by atoms with Gasteiger partial charge in [0.15, 0.2) is 5.78 Å². The number of rotatable bonds is 6. The molecule has 0 aliphatic rings. The molecule has 128 valence electrons. The number of sulfonamides is 1. The summed E-state index contributed by atoms with van der Waals surface area (Å²) < 4.78 is 32.7. The maximum absolute atomic E-state index is 12.0. The molecule has 2 rings (SSSR count). The van der Waals surface area contributed by atoms with E-state index < -0.39 is 16.0 Å². The second kappa shape index (κ2) is 7.12. The first-order chi connectivity index (χ1) is 11.2. The molecule has 0 atom stereocenters. The van der Waals surface area contributed by atoms with Crippen LogP contribution in [0.3, 0.4) is 0 Å². The molecule has 2 N–H and O–H groups in total. The maximum Gasteiger partial charge on any atom is 0.339 e. The number of esters is 1. The Labute approximate surface area is 143 Å². The first-order valence-electron chi connectivity index (χ1n) is 6.68. The highest BCUT2D eigenvalue weighted by atomic mass is 32.2. The second-order valence-corrected chi connectivity index (χ2v) is 7.56. The van der Waals surface area contributed by atoms with Gasteiger partial charge in [0.1, 0.15) is 16.6 Å². The van der Waals surface area contributed by atoms with Gasteiger partial charge < -0.3 is 9.47 Å². The second-order valence-electron chi connectivity index (χ2n) is 4.86. The van der Waals surface area contributed by atoms with Gasteiger partial charge in [-0.1, -0.05) is 0 Å². The molecule has 2 aromatic rings. The summed E-state index contributed by atoms with van der Waals surface area (Å²) in [5.74, 6) is -0.347. The number of nitrogens with two attached hydrogens (primary N) is 1. The van der Waals surface area contributed by atoms with E-state index in [1.54, 1.807) is 18.2 Å². The Bertz CT molecular complexity index is 885. The van der Waals surface area contributed by atoms with E-state index >= 15 is 0 Å². The Balaban J connectivity index is 2.15. The molecule has 0 fully saturated rings. The van der Waals surface area contributed by atoms with Crippen LogP contribution in [-0.4, -0.2) is 27.3 Å². The van der Waals surface area contributed by atoms with Crippen molar-refractivity contribution in [3.8, 4) is 5.75 Å². The number of Topliss-reactive ketones (excluding diaryl/α,β-unsaturated/α-hetero) is 1. The van der Waals surface area contributed by atoms with Crippen molar-refractivity contribution in [3.05, 3.63) is 46.3 Å². The van der Waals surface area contributed by atoms with Crippen LogP contribution in [0.5, 0.6) is 5.75 Å². The SMILES string of the molecule is COc1ccc(C(C)=O)cc1COC(=O)c1csc(S(N)(=O)=O)c1. The average molecular weight is 369 g/mol. The molecule has 24 heavy (non-hydrogen) atoms. The molecule has 1 aromatic heterocycles. The van der Waals surface area contributed by atoms with Crippen LogP contribution in [-0.2, 0) is 21.4 Å². The molecule has 0 aliphatic heterocycles. The first kappa shape index (κ1) is 18.1.